The molecule has 1 aliphatic rings. The van der Waals surface area contributed by atoms with Crippen LogP contribution in [0.3, 0.4) is 0 Å². The van der Waals surface area contributed by atoms with Crippen LogP contribution in [0.5, 0.6) is 0 Å². The molecule has 1 rings (SSSR count). The molecular formula is C11H21N. The van der Waals surface area contributed by atoms with Crippen molar-refractivity contribution in [2.24, 2.45) is 5.92 Å². The van der Waals surface area contributed by atoms with Crippen molar-refractivity contribution in [1.29, 1.82) is 0 Å². The van der Waals surface area contributed by atoms with E-state index in [9.17, 15) is 0 Å². The molecular weight excluding hydrogens is 146 g/mol. The van der Waals surface area contributed by atoms with Gasteiger partial charge in [0.05, 0.1) is 0 Å². The van der Waals surface area contributed by atoms with Crippen molar-refractivity contribution < 1.29 is 0 Å². The van der Waals surface area contributed by atoms with Gasteiger partial charge in [-0.1, -0.05) is 12.0 Å². The Labute approximate surface area is 76.2 Å². The molecule has 0 bridgehead atoms. The number of hydrogen-bond donors (Lipinski definition) is 1. The molecule has 1 nitrogen and oxygen atoms in total. The maximum atomic E-state index is 3.89. The van der Waals surface area contributed by atoms with Crippen molar-refractivity contribution in [1.82, 2.24) is 5.32 Å². The van der Waals surface area contributed by atoms with Gasteiger partial charge in [-0.25, -0.2) is 0 Å². The highest BCUT2D eigenvalue weighted by atomic mass is 14.9. The van der Waals surface area contributed by atoms with Crippen LogP contribution in [0.2, 0.25) is 0 Å². The van der Waals surface area contributed by atoms with Crippen LogP contribution in [-0.2, 0) is 0 Å². The average molecular weight is 167 g/mol. The van der Waals surface area contributed by atoms with E-state index in [1.807, 2.05) is 0 Å². The van der Waals surface area contributed by atoms with Crippen LogP contribution in [0.25, 0.3) is 0 Å². The molecule has 12 heavy (non-hydrogen) atoms. The quantitative estimate of drug-likeness (QED) is 0.621. The first-order valence-electron chi connectivity index (χ1n) is 5.08. The third-order valence-electron chi connectivity index (χ3n) is 2.88. The Morgan fingerprint density at radius 2 is 2.25 bits per heavy atom. The molecule has 0 spiro atoms. The highest BCUT2D eigenvalue weighted by Crippen LogP contribution is 2.29. The summed E-state index contributed by atoms with van der Waals surface area (Å²) in [4.78, 5) is 0. The largest absolute Gasteiger partial charge is 0.314 e. The maximum Gasteiger partial charge on any atom is 0.00671 e. The van der Waals surface area contributed by atoms with E-state index in [0.717, 1.165) is 24.9 Å². The topological polar surface area (TPSA) is 12.0 Å². The highest BCUT2D eigenvalue weighted by molar-refractivity contribution is 4.89. The second-order valence-electron chi connectivity index (χ2n) is 4.14. The standard InChI is InChI=1S/C11H21N/c1-9(2)7-8-12-10(3)11-5-4-6-11/h10-12H,1,4-8H2,2-3H3. The lowest BCUT2D eigenvalue weighted by molar-refractivity contribution is 0.242. The van der Waals surface area contributed by atoms with E-state index < -0.39 is 0 Å². The highest BCUT2D eigenvalue weighted by Gasteiger charge is 2.22. The SMILES string of the molecule is C=C(C)CCNC(C)C1CCC1. The van der Waals surface area contributed by atoms with E-state index >= 15 is 0 Å². The zero-order valence-corrected chi connectivity index (χ0v) is 8.40. The minimum atomic E-state index is 0.720. The van der Waals surface area contributed by atoms with Gasteiger partial charge in [0.15, 0.2) is 0 Å². The molecule has 0 aliphatic heterocycles. The molecule has 1 heteroatoms. The summed E-state index contributed by atoms with van der Waals surface area (Å²) >= 11 is 0. The van der Waals surface area contributed by atoms with Crippen molar-refractivity contribution in [2.75, 3.05) is 6.54 Å². The van der Waals surface area contributed by atoms with Gasteiger partial charge in [-0.15, -0.1) is 6.58 Å². The van der Waals surface area contributed by atoms with E-state index in [2.05, 4.69) is 25.7 Å². The van der Waals surface area contributed by atoms with E-state index in [0.29, 0.717) is 0 Å². The molecule has 1 saturated carbocycles. The second kappa shape index (κ2) is 4.66. The van der Waals surface area contributed by atoms with Gasteiger partial charge in [0.1, 0.15) is 0 Å². The van der Waals surface area contributed by atoms with Crippen LogP contribution in [0, 0.1) is 5.92 Å². The van der Waals surface area contributed by atoms with Crippen molar-refractivity contribution in [3.8, 4) is 0 Å². The zero-order chi connectivity index (χ0) is 8.97. The first-order chi connectivity index (χ1) is 5.70. The Bertz CT molecular complexity index is 147. The minimum Gasteiger partial charge on any atom is -0.314 e. The lowest BCUT2D eigenvalue weighted by Gasteiger charge is -2.32. The second-order valence-corrected chi connectivity index (χ2v) is 4.14. The Hall–Kier alpha value is -0.300. The lowest BCUT2D eigenvalue weighted by atomic mass is 9.80. The lowest BCUT2D eigenvalue weighted by Crippen LogP contribution is -2.37. The summed E-state index contributed by atoms with van der Waals surface area (Å²) in [7, 11) is 0. The van der Waals surface area contributed by atoms with Crippen LogP contribution in [0.15, 0.2) is 12.2 Å². The van der Waals surface area contributed by atoms with Crippen molar-refractivity contribution in [3.63, 3.8) is 0 Å². The van der Waals surface area contributed by atoms with Gasteiger partial charge in [-0.2, -0.15) is 0 Å². The smallest absolute Gasteiger partial charge is 0.00671 e. The summed E-state index contributed by atoms with van der Waals surface area (Å²) in [6.07, 6.45) is 5.43. The van der Waals surface area contributed by atoms with E-state index in [-0.39, 0.29) is 0 Å². The molecule has 1 N–H and O–H groups in total. The molecule has 1 aliphatic carbocycles. The summed E-state index contributed by atoms with van der Waals surface area (Å²) in [6.45, 7) is 9.40. The van der Waals surface area contributed by atoms with Crippen LogP contribution in [0.4, 0.5) is 0 Å². The van der Waals surface area contributed by atoms with Gasteiger partial charge in [0.2, 0.25) is 0 Å². The molecule has 0 aromatic heterocycles. The maximum absolute atomic E-state index is 3.89. The normalized spacial score (nSPS) is 20.2. The molecule has 0 amide bonds. The third-order valence-corrected chi connectivity index (χ3v) is 2.88. The first kappa shape index (κ1) is 9.79. The van der Waals surface area contributed by atoms with Crippen LogP contribution < -0.4 is 5.32 Å². The van der Waals surface area contributed by atoms with Gasteiger partial charge in [0.25, 0.3) is 0 Å². The van der Waals surface area contributed by atoms with E-state index in [1.54, 1.807) is 0 Å². The fraction of sp³-hybridized carbons (Fsp3) is 0.818. The van der Waals surface area contributed by atoms with Gasteiger partial charge in [0, 0.05) is 6.04 Å². The number of nitrogens with one attached hydrogen (secondary N) is 1. The van der Waals surface area contributed by atoms with Crippen LogP contribution >= 0.6 is 0 Å². The molecule has 1 atom stereocenters. The fourth-order valence-corrected chi connectivity index (χ4v) is 1.62. The van der Waals surface area contributed by atoms with Crippen molar-refractivity contribution in [2.45, 2.75) is 45.6 Å². The Morgan fingerprint density at radius 1 is 1.58 bits per heavy atom. The van der Waals surface area contributed by atoms with Gasteiger partial charge < -0.3 is 5.32 Å². The number of rotatable bonds is 5. The third kappa shape index (κ3) is 2.98. The van der Waals surface area contributed by atoms with E-state index in [4.69, 9.17) is 0 Å². The molecule has 1 unspecified atom stereocenters. The van der Waals surface area contributed by atoms with Gasteiger partial charge in [-0.3, -0.25) is 0 Å². The Balaban J connectivity index is 2.01. The van der Waals surface area contributed by atoms with Crippen LogP contribution in [0.1, 0.15) is 39.5 Å². The minimum absolute atomic E-state index is 0.720. The molecule has 0 aromatic carbocycles. The molecule has 0 aromatic rings. The fourth-order valence-electron chi connectivity index (χ4n) is 1.62. The van der Waals surface area contributed by atoms with Crippen LogP contribution in [-0.4, -0.2) is 12.6 Å². The van der Waals surface area contributed by atoms with E-state index in [1.165, 1.54) is 24.8 Å². The first-order valence-corrected chi connectivity index (χ1v) is 5.08. The average Bonchev–Trinajstić information content (AvgIpc) is 1.81. The summed E-state index contributed by atoms with van der Waals surface area (Å²) in [6, 6.07) is 0.720. The molecule has 70 valence electrons. The predicted molar refractivity (Wildman–Crippen MR) is 54.2 cm³/mol. The van der Waals surface area contributed by atoms with Crippen molar-refractivity contribution in [3.05, 3.63) is 12.2 Å². The summed E-state index contributed by atoms with van der Waals surface area (Å²) in [5.74, 6) is 0.954. The summed E-state index contributed by atoms with van der Waals surface area (Å²) in [5, 5.41) is 3.56. The van der Waals surface area contributed by atoms with Gasteiger partial charge >= 0.3 is 0 Å². The molecule has 1 fully saturated rings. The molecule has 0 saturated heterocycles. The van der Waals surface area contributed by atoms with Crippen molar-refractivity contribution >= 4 is 0 Å². The number of hydrogen-bond acceptors (Lipinski definition) is 1. The summed E-state index contributed by atoms with van der Waals surface area (Å²) < 4.78 is 0. The predicted octanol–water partition coefficient (Wildman–Crippen LogP) is 2.73. The molecule has 0 heterocycles. The Kier molecular flexibility index (Phi) is 3.80. The monoisotopic (exact) mass is 167 g/mol. The molecule has 0 radical (unpaired) electrons. The Morgan fingerprint density at radius 3 is 2.67 bits per heavy atom. The van der Waals surface area contributed by atoms with Gasteiger partial charge in [-0.05, 0) is 45.6 Å². The zero-order valence-electron chi connectivity index (χ0n) is 8.40. The summed E-state index contributed by atoms with van der Waals surface area (Å²) in [5.41, 5.74) is 1.28.